The normalized spacial score (nSPS) is 33.2. The molecule has 0 aromatic heterocycles. The lowest BCUT2D eigenvalue weighted by molar-refractivity contribution is 0.103. The van der Waals surface area contributed by atoms with Crippen molar-refractivity contribution in [1.82, 2.24) is 9.21 Å². The highest BCUT2D eigenvalue weighted by atomic mass is 32.2. The molecule has 1 saturated carbocycles. The standard InChI is InChI=1S/C18H26FN3O2S/c1-14-11-18(8-9-21(14)12-15-6-7-15)13-20(2)25(23,24)22(18)17-5-3-4-16(19)10-17/h3-5,10,14-15H,6-9,11-13H2,1-2H3/t14-,18+/m0/s1. The van der Waals surface area contributed by atoms with E-state index in [1.807, 2.05) is 0 Å². The van der Waals surface area contributed by atoms with Gasteiger partial charge in [0, 0.05) is 32.7 Å². The molecule has 2 saturated heterocycles. The van der Waals surface area contributed by atoms with E-state index in [2.05, 4.69) is 11.8 Å². The summed E-state index contributed by atoms with van der Waals surface area (Å²) in [5.41, 5.74) is -0.0481. The zero-order chi connectivity index (χ0) is 17.8. The molecule has 1 aromatic rings. The number of halogens is 1. The van der Waals surface area contributed by atoms with Crippen LogP contribution in [0.4, 0.5) is 10.1 Å². The lowest BCUT2D eigenvalue weighted by Gasteiger charge is -2.47. The van der Waals surface area contributed by atoms with Gasteiger partial charge in [-0.1, -0.05) is 6.07 Å². The predicted octanol–water partition coefficient (Wildman–Crippen LogP) is 2.46. The van der Waals surface area contributed by atoms with Gasteiger partial charge in [0.1, 0.15) is 5.82 Å². The molecule has 2 heterocycles. The van der Waals surface area contributed by atoms with Crippen LogP contribution in [0, 0.1) is 11.7 Å². The van der Waals surface area contributed by atoms with E-state index in [1.165, 1.54) is 33.6 Å². The number of anilines is 1. The van der Waals surface area contributed by atoms with Crippen LogP contribution < -0.4 is 4.31 Å². The van der Waals surface area contributed by atoms with E-state index < -0.39 is 21.6 Å². The van der Waals surface area contributed by atoms with Crippen LogP contribution in [-0.4, -0.2) is 55.9 Å². The number of benzene rings is 1. The molecule has 0 radical (unpaired) electrons. The zero-order valence-electron chi connectivity index (χ0n) is 14.9. The van der Waals surface area contributed by atoms with Gasteiger partial charge < -0.3 is 4.90 Å². The lowest BCUT2D eigenvalue weighted by atomic mass is 9.82. The van der Waals surface area contributed by atoms with Gasteiger partial charge in [-0.2, -0.15) is 12.7 Å². The highest BCUT2D eigenvalue weighted by Gasteiger charge is 2.55. The molecule has 7 heteroatoms. The summed E-state index contributed by atoms with van der Waals surface area (Å²) in [4.78, 5) is 2.50. The Morgan fingerprint density at radius 1 is 1.32 bits per heavy atom. The van der Waals surface area contributed by atoms with Crippen LogP contribution in [0.3, 0.4) is 0 Å². The van der Waals surface area contributed by atoms with Gasteiger partial charge in [0.05, 0.1) is 11.2 Å². The molecular formula is C18H26FN3O2S. The van der Waals surface area contributed by atoms with Gasteiger partial charge in [-0.3, -0.25) is 4.31 Å². The first kappa shape index (κ1) is 17.2. The van der Waals surface area contributed by atoms with E-state index in [9.17, 15) is 12.8 Å². The number of piperidine rings is 1. The van der Waals surface area contributed by atoms with Crippen molar-refractivity contribution in [3.05, 3.63) is 30.1 Å². The van der Waals surface area contributed by atoms with E-state index in [1.54, 1.807) is 19.2 Å². The summed E-state index contributed by atoms with van der Waals surface area (Å²) in [6.07, 6.45) is 4.20. The fourth-order valence-corrected chi connectivity index (χ4v) is 6.31. The molecule has 3 aliphatic rings. The number of likely N-dealkylation sites (N-methyl/N-ethyl adjacent to an activating group) is 1. The molecule has 0 unspecified atom stereocenters. The minimum Gasteiger partial charge on any atom is -0.300 e. The molecule has 2 aliphatic heterocycles. The molecule has 3 fully saturated rings. The van der Waals surface area contributed by atoms with Crippen molar-refractivity contribution in [2.45, 2.75) is 44.2 Å². The topological polar surface area (TPSA) is 43.9 Å². The first-order valence-corrected chi connectivity index (χ1v) is 10.5. The second-order valence-corrected chi connectivity index (χ2v) is 9.86. The zero-order valence-corrected chi connectivity index (χ0v) is 15.7. The van der Waals surface area contributed by atoms with Crippen LogP contribution in [0.2, 0.25) is 0 Å². The summed E-state index contributed by atoms with van der Waals surface area (Å²) < 4.78 is 42.6. The van der Waals surface area contributed by atoms with Crippen LogP contribution in [0.1, 0.15) is 32.6 Å². The quantitative estimate of drug-likeness (QED) is 0.824. The Hall–Kier alpha value is -1.18. The second-order valence-electron chi connectivity index (χ2n) is 7.97. The van der Waals surface area contributed by atoms with Crippen molar-refractivity contribution in [1.29, 1.82) is 0 Å². The Balaban J connectivity index is 1.67. The summed E-state index contributed by atoms with van der Waals surface area (Å²) in [7, 11) is -1.99. The average Bonchev–Trinajstić information content (AvgIpc) is 3.31. The van der Waals surface area contributed by atoms with E-state index >= 15 is 0 Å². The molecule has 0 amide bonds. The first-order valence-electron chi connectivity index (χ1n) is 9.08. The highest BCUT2D eigenvalue weighted by molar-refractivity contribution is 7.90. The van der Waals surface area contributed by atoms with Crippen LogP contribution in [0.25, 0.3) is 0 Å². The van der Waals surface area contributed by atoms with Gasteiger partial charge >= 0.3 is 10.2 Å². The van der Waals surface area contributed by atoms with Crippen LogP contribution in [-0.2, 0) is 10.2 Å². The summed E-state index contributed by atoms with van der Waals surface area (Å²) in [6, 6.07) is 6.29. The molecule has 4 rings (SSSR count). The van der Waals surface area contributed by atoms with Gasteiger partial charge in [0.15, 0.2) is 0 Å². The van der Waals surface area contributed by atoms with Crippen LogP contribution in [0.5, 0.6) is 0 Å². The van der Waals surface area contributed by atoms with Gasteiger partial charge in [0.25, 0.3) is 0 Å². The van der Waals surface area contributed by atoms with Crippen molar-refractivity contribution in [2.24, 2.45) is 5.92 Å². The van der Waals surface area contributed by atoms with Crippen molar-refractivity contribution < 1.29 is 12.8 Å². The number of likely N-dealkylation sites (tertiary alicyclic amines) is 1. The number of hydrogen-bond donors (Lipinski definition) is 0. The Morgan fingerprint density at radius 3 is 2.72 bits per heavy atom. The number of nitrogens with zero attached hydrogens (tertiary/aromatic N) is 3. The van der Waals surface area contributed by atoms with Crippen LogP contribution >= 0.6 is 0 Å². The molecule has 0 bridgehead atoms. The predicted molar refractivity (Wildman–Crippen MR) is 96.2 cm³/mol. The maximum absolute atomic E-state index is 13.8. The first-order chi connectivity index (χ1) is 11.8. The molecule has 25 heavy (non-hydrogen) atoms. The Labute approximate surface area is 149 Å². The summed E-state index contributed by atoms with van der Waals surface area (Å²) >= 11 is 0. The second kappa shape index (κ2) is 5.93. The van der Waals surface area contributed by atoms with Gasteiger partial charge in [-0.05, 0) is 56.7 Å². The Bertz CT molecular complexity index is 767. The maximum atomic E-state index is 13.8. The average molecular weight is 367 g/mol. The molecule has 138 valence electrons. The monoisotopic (exact) mass is 367 g/mol. The summed E-state index contributed by atoms with van der Waals surface area (Å²) in [5, 5.41) is 0. The van der Waals surface area contributed by atoms with E-state index in [-0.39, 0.29) is 0 Å². The lowest BCUT2D eigenvalue weighted by Crippen LogP contribution is -2.58. The molecule has 0 N–H and O–H groups in total. The number of hydrogen-bond acceptors (Lipinski definition) is 3. The van der Waals surface area contributed by atoms with E-state index in [4.69, 9.17) is 0 Å². The Morgan fingerprint density at radius 2 is 2.08 bits per heavy atom. The van der Waals surface area contributed by atoms with Crippen LogP contribution in [0.15, 0.2) is 24.3 Å². The fourth-order valence-electron chi connectivity index (χ4n) is 4.54. The minimum atomic E-state index is -3.61. The summed E-state index contributed by atoms with van der Waals surface area (Å²) in [6.45, 7) is 4.68. The van der Waals surface area contributed by atoms with Crippen molar-refractivity contribution >= 4 is 15.9 Å². The number of rotatable bonds is 3. The van der Waals surface area contributed by atoms with Crippen molar-refractivity contribution in [2.75, 3.05) is 31.0 Å². The van der Waals surface area contributed by atoms with Gasteiger partial charge in [-0.15, -0.1) is 0 Å². The molecule has 2 atom stereocenters. The maximum Gasteiger partial charge on any atom is 0.304 e. The smallest absolute Gasteiger partial charge is 0.300 e. The van der Waals surface area contributed by atoms with Crippen molar-refractivity contribution in [3.8, 4) is 0 Å². The minimum absolute atomic E-state index is 0.326. The Kier molecular flexibility index (Phi) is 4.09. The highest BCUT2D eigenvalue weighted by Crippen LogP contribution is 2.44. The third-order valence-electron chi connectivity index (χ3n) is 5.97. The van der Waals surface area contributed by atoms with Crippen molar-refractivity contribution in [3.63, 3.8) is 0 Å². The van der Waals surface area contributed by atoms with Gasteiger partial charge in [0.2, 0.25) is 0 Å². The molecule has 5 nitrogen and oxygen atoms in total. The molecule has 1 aromatic carbocycles. The summed E-state index contributed by atoms with van der Waals surface area (Å²) in [5.74, 6) is 0.419. The van der Waals surface area contributed by atoms with Gasteiger partial charge in [-0.25, -0.2) is 4.39 Å². The molecule has 1 aliphatic carbocycles. The fraction of sp³-hybridized carbons (Fsp3) is 0.667. The van der Waals surface area contributed by atoms with E-state index in [0.29, 0.717) is 18.3 Å². The third kappa shape index (κ3) is 2.96. The third-order valence-corrected chi connectivity index (χ3v) is 7.94. The molecular weight excluding hydrogens is 341 g/mol. The molecule has 1 spiro atoms. The van der Waals surface area contributed by atoms with E-state index in [0.717, 1.165) is 31.8 Å². The SMILES string of the molecule is C[C@H]1C[C@]2(CCN1CC1CC1)CN(C)S(=O)(=O)N2c1cccc(F)c1. The largest absolute Gasteiger partial charge is 0.304 e.